The van der Waals surface area contributed by atoms with E-state index in [-0.39, 0.29) is 5.69 Å². The first-order chi connectivity index (χ1) is 6.59. The summed E-state index contributed by atoms with van der Waals surface area (Å²) in [5, 5.41) is 6.85. The average molecular weight is 281 g/mol. The third-order valence-electron chi connectivity index (χ3n) is 1.84. The van der Waals surface area contributed by atoms with Crippen molar-refractivity contribution >= 4 is 38.4 Å². The van der Waals surface area contributed by atoms with Crippen molar-refractivity contribution in [1.82, 2.24) is 10.2 Å². The molecule has 1 aromatic heterocycles. The fourth-order valence-electron chi connectivity index (χ4n) is 1.19. The van der Waals surface area contributed by atoms with E-state index in [1.165, 1.54) is 12.1 Å². The molecule has 0 saturated carbocycles. The summed E-state index contributed by atoms with van der Waals surface area (Å²) in [5.41, 5.74) is 0.255. The molecule has 0 aliphatic rings. The van der Waals surface area contributed by atoms with Gasteiger partial charge in [0.15, 0.2) is 0 Å². The van der Waals surface area contributed by atoms with Crippen molar-refractivity contribution in [3.05, 3.63) is 27.3 Å². The van der Waals surface area contributed by atoms with E-state index in [9.17, 15) is 8.78 Å². The molecule has 0 aliphatic heterocycles. The lowest BCUT2D eigenvalue weighted by molar-refractivity contribution is 0.147. The van der Waals surface area contributed by atoms with E-state index in [2.05, 4.69) is 26.1 Å². The molecule has 1 aromatic carbocycles. The molecule has 2 rings (SSSR count). The van der Waals surface area contributed by atoms with Crippen molar-refractivity contribution in [2.45, 2.75) is 6.43 Å². The first-order valence-electron chi connectivity index (χ1n) is 3.70. The van der Waals surface area contributed by atoms with Crippen LogP contribution in [0.25, 0.3) is 10.9 Å². The molecular weight excluding hydrogens is 277 g/mol. The second-order valence-corrected chi connectivity index (χ2v) is 3.98. The van der Waals surface area contributed by atoms with Crippen molar-refractivity contribution in [2.24, 2.45) is 0 Å². The van der Waals surface area contributed by atoms with Gasteiger partial charge in [-0.1, -0.05) is 11.6 Å². The zero-order valence-electron chi connectivity index (χ0n) is 6.69. The number of aromatic nitrogens is 2. The number of rotatable bonds is 1. The average Bonchev–Trinajstić information content (AvgIpc) is 2.48. The van der Waals surface area contributed by atoms with Gasteiger partial charge in [-0.25, -0.2) is 8.78 Å². The van der Waals surface area contributed by atoms with Crippen LogP contribution in [0.1, 0.15) is 12.1 Å². The first kappa shape index (κ1) is 9.86. The Balaban J connectivity index is 2.74. The molecule has 0 bridgehead atoms. The third kappa shape index (κ3) is 1.50. The molecule has 0 radical (unpaired) electrons. The van der Waals surface area contributed by atoms with Gasteiger partial charge >= 0.3 is 0 Å². The fourth-order valence-corrected chi connectivity index (χ4v) is 1.69. The Kier molecular flexibility index (Phi) is 2.45. The highest BCUT2D eigenvalue weighted by Gasteiger charge is 2.15. The number of H-pyrrole nitrogens is 1. The molecule has 0 amide bonds. The summed E-state index contributed by atoms with van der Waals surface area (Å²) < 4.78 is 25.5. The lowest BCUT2D eigenvalue weighted by atomic mass is 10.2. The molecule has 2 aromatic rings. The lowest BCUT2D eigenvalue weighted by Gasteiger charge is -1.97. The van der Waals surface area contributed by atoms with Crippen LogP contribution >= 0.6 is 27.5 Å². The molecule has 1 heterocycles. The second-order valence-electron chi connectivity index (χ2n) is 2.72. The van der Waals surface area contributed by atoms with Crippen LogP contribution in [0, 0.1) is 0 Å². The number of hydrogen-bond acceptors (Lipinski definition) is 1. The molecule has 0 spiro atoms. The fraction of sp³-hybridized carbons (Fsp3) is 0.125. The zero-order valence-corrected chi connectivity index (χ0v) is 9.03. The van der Waals surface area contributed by atoms with Gasteiger partial charge in [0, 0.05) is 9.86 Å². The van der Waals surface area contributed by atoms with Gasteiger partial charge in [-0.05, 0) is 28.1 Å². The van der Waals surface area contributed by atoms with Gasteiger partial charge in [0.05, 0.1) is 10.5 Å². The number of hydrogen-bond donors (Lipinski definition) is 1. The number of nitrogens with zero attached hydrogens (tertiary/aromatic N) is 1. The minimum absolute atomic E-state index is 0.183. The molecule has 0 saturated heterocycles. The van der Waals surface area contributed by atoms with Crippen LogP contribution in [-0.2, 0) is 0 Å². The number of benzene rings is 1. The standard InChI is InChI=1S/C8H4BrClF2N2/c9-4-1-3-6(2-5(4)10)13-14-7(3)8(11)12/h1-2,8H,(H,13,14). The molecule has 74 valence electrons. The molecule has 14 heavy (non-hydrogen) atoms. The monoisotopic (exact) mass is 280 g/mol. The summed E-state index contributed by atoms with van der Waals surface area (Å²) in [6.45, 7) is 0. The van der Waals surface area contributed by atoms with Gasteiger partial charge in [0.1, 0.15) is 5.69 Å². The summed E-state index contributed by atoms with van der Waals surface area (Å²) in [6, 6.07) is 3.06. The van der Waals surface area contributed by atoms with Crippen LogP contribution in [0.2, 0.25) is 5.02 Å². The predicted octanol–water partition coefficient (Wildman–Crippen LogP) is 3.92. The third-order valence-corrected chi connectivity index (χ3v) is 3.04. The summed E-state index contributed by atoms with van der Waals surface area (Å²) in [4.78, 5) is 0. The topological polar surface area (TPSA) is 28.7 Å². The van der Waals surface area contributed by atoms with Crippen LogP contribution in [0.4, 0.5) is 8.78 Å². The first-order valence-corrected chi connectivity index (χ1v) is 4.88. The van der Waals surface area contributed by atoms with E-state index in [0.717, 1.165) is 0 Å². The van der Waals surface area contributed by atoms with Crippen LogP contribution < -0.4 is 0 Å². The Labute approximate surface area is 91.4 Å². The van der Waals surface area contributed by atoms with Gasteiger partial charge in [-0.15, -0.1) is 0 Å². The summed E-state index contributed by atoms with van der Waals surface area (Å²) in [6.07, 6.45) is -2.56. The summed E-state index contributed by atoms with van der Waals surface area (Å²) >= 11 is 8.95. The van der Waals surface area contributed by atoms with E-state index in [0.29, 0.717) is 20.4 Å². The summed E-state index contributed by atoms with van der Waals surface area (Å²) in [5.74, 6) is 0. The molecule has 0 unspecified atom stereocenters. The number of alkyl halides is 2. The molecule has 6 heteroatoms. The van der Waals surface area contributed by atoms with Crippen molar-refractivity contribution in [1.29, 1.82) is 0 Å². The molecule has 0 aliphatic carbocycles. The highest BCUT2D eigenvalue weighted by molar-refractivity contribution is 9.10. The highest BCUT2D eigenvalue weighted by Crippen LogP contribution is 2.31. The van der Waals surface area contributed by atoms with Crippen LogP contribution in [-0.4, -0.2) is 10.2 Å². The van der Waals surface area contributed by atoms with Gasteiger partial charge in [-0.2, -0.15) is 5.10 Å². The van der Waals surface area contributed by atoms with E-state index < -0.39 is 6.43 Å². The molecule has 1 N–H and O–H groups in total. The van der Waals surface area contributed by atoms with E-state index >= 15 is 0 Å². The predicted molar refractivity (Wildman–Crippen MR) is 53.8 cm³/mol. The molecular formula is C8H4BrClF2N2. The quantitative estimate of drug-likeness (QED) is 0.843. The SMILES string of the molecule is FC(F)c1[nH]nc2cc(Cl)c(Br)cc12. The van der Waals surface area contributed by atoms with E-state index in [1.807, 2.05) is 0 Å². The Morgan fingerprint density at radius 2 is 2.14 bits per heavy atom. The maximum atomic E-state index is 12.4. The molecule has 2 nitrogen and oxygen atoms in total. The van der Waals surface area contributed by atoms with Crippen molar-refractivity contribution in [3.8, 4) is 0 Å². The maximum absolute atomic E-state index is 12.4. The smallest absolute Gasteiger partial charge is 0.276 e. The normalized spacial score (nSPS) is 11.5. The Morgan fingerprint density at radius 3 is 2.79 bits per heavy atom. The van der Waals surface area contributed by atoms with Crippen LogP contribution in [0.15, 0.2) is 16.6 Å². The van der Waals surface area contributed by atoms with E-state index in [1.54, 1.807) is 0 Å². The zero-order chi connectivity index (χ0) is 10.3. The lowest BCUT2D eigenvalue weighted by Crippen LogP contribution is -1.84. The minimum Gasteiger partial charge on any atom is -0.276 e. The summed E-state index contributed by atoms with van der Waals surface area (Å²) in [7, 11) is 0. The van der Waals surface area contributed by atoms with Crippen molar-refractivity contribution in [3.63, 3.8) is 0 Å². The number of aromatic amines is 1. The molecule has 0 fully saturated rings. The highest BCUT2D eigenvalue weighted by atomic mass is 79.9. The van der Waals surface area contributed by atoms with E-state index in [4.69, 9.17) is 11.6 Å². The Bertz CT molecular complexity index is 483. The maximum Gasteiger partial charge on any atom is 0.280 e. The largest absolute Gasteiger partial charge is 0.280 e. The molecule has 0 atom stereocenters. The van der Waals surface area contributed by atoms with Crippen molar-refractivity contribution < 1.29 is 8.78 Å². The van der Waals surface area contributed by atoms with Crippen molar-refractivity contribution in [2.75, 3.05) is 0 Å². The minimum atomic E-state index is -2.56. The van der Waals surface area contributed by atoms with Crippen LogP contribution in [0.3, 0.4) is 0 Å². The van der Waals surface area contributed by atoms with Gasteiger partial charge < -0.3 is 0 Å². The number of nitrogens with one attached hydrogen (secondary N) is 1. The second kappa shape index (κ2) is 3.47. The van der Waals surface area contributed by atoms with Crippen LogP contribution in [0.5, 0.6) is 0 Å². The number of halogens is 4. The van der Waals surface area contributed by atoms with Gasteiger partial charge in [-0.3, -0.25) is 5.10 Å². The Hall–Kier alpha value is -0.680. The Morgan fingerprint density at radius 1 is 1.43 bits per heavy atom. The van der Waals surface area contributed by atoms with Gasteiger partial charge in [0.25, 0.3) is 6.43 Å². The number of fused-ring (bicyclic) bond motifs is 1. The van der Waals surface area contributed by atoms with Gasteiger partial charge in [0.2, 0.25) is 0 Å².